The summed E-state index contributed by atoms with van der Waals surface area (Å²) in [5.41, 5.74) is 0.972. The predicted molar refractivity (Wildman–Crippen MR) is 67.3 cm³/mol. The van der Waals surface area contributed by atoms with Gasteiger partial charge in [-0.25, -0.2) is 9.97 Å². The zero-order valence-corrected chi connectivity index (χ0v) is 10.4. The molecule has 0 saturated heterocycles. The van der Waals surface area contributed by atoms with Crippen molar-refractivity contribution >= 4 is 11.6 Å². The maximum absolute atomic E-state index is 9.30. The Bertz CT molecular complexity index is 357. The second-order valence-electron chi connectivity index (χ2n) is 4.11. The fourth-order valence-corrected chi connectivity index (χ4v) is 1.56. The molecule has 1 heterocycles. The van der Waals surface area contributed by atoms with E-state index in [1.807, 2.05) is 13.8 Å². The maximum atomic E-state index is 9.30. The van der Waals surface area contributed by atoms with E-state index in [1.54, 1.807) is 7.05 Å². The van der Waals surface area contributed by atoms with Crippen LogP contribution in [0.2, 0.25) is 0 Å². The van der Waals surface area contributed by atoms with E-state index in [-0.39, 0.29) is 19.1 Å². The van der Waals surface area contributed by atoms with Gasteiger partial charge in [0.15, 0.2) is 0 Å². The van der Waals surface area contributed by atoms with Crippen molar-refractivity contribution in [2.45, 2.75) is 25.9 Å². The molecule has 6 nitrogen and oxygen atoms in total. The summed E-state index contributed by atoms with van der Waals surface area (Å²) in [6.07, 6.45) is 0.675. The van der Waals surface area contributed by atoms with Gasteiger partial charge in [0, 0.05) is 19.2 Å². The number of aliphatic hydroxyl groups excluding tert-OH is 2. The highest BCUT2D eigenvalue weighted by Gasteiger charge is 2.14. The Morgan fingerprint density at radius 1 is 1.29 bits per heavy atom. The number of anilines is 2. The van der Waals surface area contributed by atoms with Crippen LogP contribution >= 0.6 is 0 Å². The molecule has 0 aliphatic rings. The van der Waals surface area contributed by atoms with E-state index < -0.39 is 6.10 Å². The summed E-state index contributed by atoms with van der Waals surface area (Å²) in [6.45, 7) is 4.09. The molecule has 1 unspecified atom stereocenters. The summed E-state index contributed by atoms with van der Waals surface area (Å²) in [5.74, 6) is 1.72. The first-order valence-electron chi connectivity index (χ1n) is 5.65. The Labute approximate surface area is 101 Å². The Balaban J connectivity index is 2.90. The van der Waals surface area contributed by atoms with Crippen LogP contribution < -0.4 is 10.6 Å². The van der Waals surface area contributed by atoms with E-state index in [0.717, 1.165) is 11.4 Å². The lowest BCUT2D eigenvalue weighted by Gasteiger charge is -2.17. The van der Waals surface area contributed by atoms with E-state index in [2.05, 4.69) is 20.6 Å². The highest BCUT2D eigenvalue weighted by molar-refractivity contribution is 5.58. The molecule has 0 radical (unpaired) electrons. The molecule has 1 atom stereocenters. The minimum absolute atomic E-state index is 0.257. The summed E-state index contributed by atoms with van der Waals surface area (Å²) in [7, 11) is 1.81. The first-order chi connectivity index (χ1) is 8.10. The predicted octanol–water partition coefficient (Wildman–Crippen LogP) is 0.407. The second kappa shape index (κ2) is 6.36. The van der Waals surface area contributed by atoms with Gasteiger partial charge in [-0.1, -0.05) is 13.8 Å². The fourth-order valence-electron chi connectivity index (χ4n) is 1.56. The molecule has 96 valence electrons. The van der Waals surface area contributed by atoms with Crippen molar-refractivity contribution in [3.63, 3.8) is 0 Å². The van der Waals surface area contributed by atoms with Crippen molar-refractivity contribution in [2.75, 3.05) is 30.8 Å². The highest BCUT2D eigenvalue weighted by atomic mass is 16.3. The van der Waals surface area contributed by atoms with Crippen LogP contribution in [0.1, 0.15) is 25.3 Å². The number of nitrogens with zero attached hydrogens (tertiary/aromatic N) is 2. The van der Waals surface area contributed by atoms with Gasteiger partial charge in [0.05, 0.1) is 12.7 Å². The smallest absolute Gasteiger partial charge is 0.135 e. The second-order valence-corrected chi connectivity index (χ2v) is 4.11. The first kappa shape index (κ1) is 13.7. The molecule has 0 fully saturated rings. The third-order valence-corrected chi connectivity index (χ3v) is 2.41. The van der Waals surface area contributed by atoms with Crippen molar-refractivity contribution in [1.82, 2.24) is 9.97 Å². The summed E-state index contributed by atoms with van der Waals surface area (Å²) in [4.78, 5) is 8.31. The minimum Gasteiger partial charge on any atom is -0.394 e. The number of nitrogens with one attached hydrogen (secondary N) is 2. The normalized spacial score (nSPS) is 12.6. The largest absolute Gasteiger partial charge is 0.394 e. The third kappa shape index (κ3) is 3.54. The molecule has 0 spiro atoms. The zero-order valence-electron chi connectivity index (χ0n) is 10.4. The van der Waals surface area contributed by atoms with Gasteiger partial charge < -0.3 is 20.8 Å². The number of rotatable bonds is 6. The number of hydrogen-bond acceptors (Lipinski definition) is 6. The van der Waals surface area contributed by atoms with Crippen LogP contribution in [0.25, 0.3) is 0 Å². The van der Waals surface area contributed by atoms with Crippen LogP contribution in [0.15, 0.2) is 6.33 Å². The van der Waals surface area contributed by atoms with Gasteiger partial charge in [0.1, 0.15) is 18.0 Å². The molecule has 0 saturated carbocycles. The van der Waals surface area contributed by atoms with Gasteiger partial charge in [-0.05, 0) is 5.92 Å². The quantitative estimate of drug-likeness (QED) is 0.575. The average Bonchev–Trinajstić information content (AvgIpc) is 2.34. The topological polar surface area (TPSA) is 90.3 Å². The van der Waals surface area contributed by atoms with Crippen molar-refractivity contribution in [2.24, 2.45) is 0 Å². The van der Waals surface area contributed by atoms with E-state index in [0.29, 0.717) is 5.82 Å². The number of aliphatic hydroxyl groups is 2. The molecule has 4 N–H and O–H groups in total. The molecule has 0 aliphatic carbocycles. The lowest BCUT2D eigenvalue weighted by atomic mass is 10.0. The van der Waals surface area contributed by atoms with E-state index in [9.17, 15) is 5.11 Å². The number of hydrogen-bond donors (Lipinski definition) is 4. The first-order valence-corrected chi connectivity index (χ1v) is 5.65. The fraction of sp³-hybridized carbons (Fsp3) is 0.636. The van der Waals surface area contributed by atoms with Gasteiger partial charge in [-0.3, -0.25) is 0 Å². The maximum Gasteiger partial charge on any atom is 0.135 e. The molecule has 1 aromatic rings. The lowest BCUT2D eigenvalue weighted by molar-refractivity contribution is 0.105. The summed E-state index contributed by atoms with van der Waals surface area (Å²) < 4.78 is 0. The van der Waals surface area contributed by atoms with Crippen LogP contribution in [0.3, 0.4) is 0 Å². The molecule has 0 aliphatic heterocycles. The van der Waals surface area contributed by atoms with E-state index >= 15 is 0 Å². The molecule has 1 aromatic heterocycles. The third-order valence-electron chi connectivity index (χ3n) is 2.41. The standard InChI is InChI=1S/C11H20N4O2/c1-7(2)9-10(12-3)14-6-15-11(9)13-4-8(17)5-16/h6-8,16-17H,4-5H2,1-3H3,(H2,12,13,14,15). The summed E-state index contributed by atoms with van der Waals surface area (Å²) >= 11 is 0. The Morgan fingerprint density at radius 3 is 2.47 bits per heavy atom. The van der Waals surface area contributed by atoms with Crippen LogP contribution in [-0.4, -0.2) is 46.5 Å². The molecular formula is C11H20N4O2. The summed E-state index contributed by atoms with van der Waals surface area (Å²) in [5, 5.41) is 24.1. The molecule has 17 heavy (non-hydrogen) atoms. The molecule has 6 heteroatoms. The van der Waals surface area contributed by atoms with Gasteiger partial charge in [-0.15, -0.1) is 0 Å². The Morgan fingerprint density at radius 2 is 1.94 bits per heavy atom. The lowest BCUT2D eigenvalue weighted by Crippen LogP contribution is -2.24. The van der Waals surface area contributed by atoms with Crippen molar-refractivity contribution < 1.29 is 10.2 Å². The van der Waals surface area contributed by atoms with Gasteiger partial charge in [0.25, 0.3) is 0 Å². The monoisotopic (exact) mass is 240 g/mol. The van der Waals surface area contributed by atoms with Crippen molar-refractivity contribution in [3.8, 4) is 0 Å². The molecule has 0 amide bonds. The Kier molecular flexibility index (Phi) is 5.11. The van der Waals surface area contributed by atoms with E-state index in [1.165, 1.54) is 6.33 Å². The molecule has 0 aromatic carbocycles. The van der Waals surface area contributed by atoms with Crippen LogP contribution in [-0.2, 0) is 0 Å². The van der Waals surface area contributed by atoms with Crippen molar-refractivity contribution in [3.05, 3.63) is 11.9 Å². The Hall–Kier alpha value is -1.40. The molecular weight excluding hydrogens is 220 g/mol. The number of aromatic nitrogens is 2. The molecule has 1 rings (SSSR count). The van der Waals surface area contributed by atoms with Crippen LogP contribution in [0.4, 0.5) is 11.6 Å². The van der Waals surface area contributed by atoms with Crippen molar-refractivity contribution in [1.29, 1.82) is 0 Å². The zero-order chi connectivity index (χ0) is 12.8. The SMILES string of the molecule is CNc1ncnc(NCC(O)CO)c1C(C)C. The van der Waals surface area contributed by atoms with E-state index in [4.69, 9.17) is 5.11 Å². The highest BCUT2D eigenvalue weighted by Crippen LogP contribution is 2.27. The summed E-state index contributed by atoms with van der Waals surface area (Å²) in [6, 6.07) is 0. The average molecular weight is 240 g/mol. The van der Waals surface area contributed by atoms with Gasteiger partial charge in [-0.2, -0.15) is 0 Å². The molecule has 0 bridgehead atoms. The van der Waals surface area contributed by atoms with Crippen LogP contribution in [0.5, 0.6) is 0 Å². The van der Waals surface area contributed by atoms with Gasteiger partial charge >= 0.3 is 0 Å². The van der Waals surface area contributed by atoms with Crippen LogP contribution in [0, 0.1) is 0 Å². The minimum atomic E-state index is -0.789. The van der Waals surface area contributed by atoms with Gasteiger partial charge in [0.2, 0.25) is 0 Å².